The van der Waals surface area contributed by atoms with Crippen LogP contribution >= 0.6 is 0 Å². The van der Waals surface area contributed by atoms with Gasteiger partial charge in [-0.15, -0.1) is 0 Å². The van der Waals surface area contributed by atoms with E-state index in [4.69, 9.17) is 14.2 Å². The van der Waals surface area contributed by atoms with E-state index >= 15 is 0 Å². The summed E-state index contributed by atoms with van der Waals surface area (Å²) in [5.41, 5.74) is 0. The second kappa shape index (κ2) is 71.6. The number of rotatable bonds is 68. The molecule has 0 saturated heterocycles. The number of carbonyl (C=O) groups is 3. The molecule has 0 aliphatic heterocycles. The van der Waals surface area contributed by atoms with Gasteiger partial charge in [0.2, 0.25) is 0 Å². The molecule has 0 aromatic carbocycles. The zero-order chi connectivity index (χ0) is 59.9. The van der Waals surface area contributed by atoms with Crippen LogP contribution in [0.3, 0.4) is 0 Å². The summed E-state index contributed by atoms with van der Waals surface area (Å²) >= 11 is 0. The average Bonchev–Trinajstić information content (AvgIpc) is 3.49. The first-order valence-corrected chi connectivity index (χ1v) is 36.8. The van der Waals surface area contributed by atoms with Crippen LogP contribution in [0, 0.1) is 0 Å². The van der Waals surface area contributed by atoms with Gasteiger partial charge in [0.15, 0.2) is 6.10 Å². The second-order valence-electron chi connectivity index (χ2n) is 24.8. The van der Waals surface area contributed by atoms with Crippen LogP contribution in [0.25, 0.3) is 0 Å². The van der Waals surface area contributed by atoms with Crippen molar-refractivity contribution in [2.75, 3.05) is 13.2 Å². The van der Waals surface area contributed by atoms with Crippen molar-refractivity contribution in [1.82, 2.24) is 0 Å². The van der Waals surface area contributed by atoms with Crippen molar-refractivity contribution in [3.05, 3.63) is 60.8 Å². The lowest BCUT2D eigenvalue weighted by atomic mass is 10.0. The monoisotopic (exact) mass is 1160 g/mol. The van der Waals surface area contributed by atoms with E-state index in [1.54, 1.807) is 0 Å². The molecule has 0 bridgehead atoms. The van der Waals surface area contributed by atoms with Crippen LogP contribution in [0.4, 0.5) is 0 Å². The summed E-state index contributed by atoms with van der Waals surface area (Å²) < 4.78 is 17.0. The number of allylic oxidation sites excluding steroid dienone is 10. The number of unbranched alkanes of at least 4 members (excludes halogenated alkanes) is 47. The molecular weight excluding hydrogens is 1020 g/mol. The quantitative estimate of drug-likeness (QED) is 0.0261. The van der Waals surface area contributed by atoms with Crippen LogP contribution in [-0.4, -0.2) is 37.2 Å². The SMILES string of the molecule is CCCCCCC/C=C\C/C=C\C/C=C\CCCCCCCCCCCCCCCCCCCCC(=O)OCC(COC(=O)CCCCCCC/C=C\CCCCCCCCC)OC(=O)CCCCCCC/C=C\CCCCCCCCC. The third kappa shape index (κ3) is 69.8. The van der Waals surface area contributed by atoms with E-state index in [1.807, 2.05) is 0 Å². The average molecular weight is 1160 g/mol. The highest BCUT2D eigenvalue weighted by atomic mass is 16.6. The molecule has 0 aromatic rings. The minimum atomic E-state index is -0.781. The third-order valence-corrected chi connectivity index (χ3v) is 16.5. The van der Waals surface area contributed by atoms with Crippen molar-refractivity contribution in [2.24, 2.45) is 0 Å². The summed E-state index contributed by atoms with van der Waals surface area (Å²) in [5, 5.41) is 0. The maximum atomic E-state index is 12.9. The number of carbonyl (C=O) groups excluding carboxylic acids is 3. The Morgan fingerprint density at radius 1 is 0.241 bits per heavy atom. The largest absolute Gasteiger partial charge is 0.462 e. The molecule has 0 spiro atoms. The van der Waals surface area contributed by atoms with Crippen molar-refractivity contribution in [2.45, 2.75) is 399 Å². The van der Waals surface area contributed by atoms with Crippen LogP contribution in [0.2, 0.25) is 0 Å². The lowest BCUT2D eigenvalue weighted by molar-refractivity contribution is -0.167. The van der Waals surface area contributed by atoms with Gasteiger partial charge < -0.3 is 14.2 Å². The third-order valence-electron chi connectivity index (χ3n) is 16.5. The molecule has 0 aliphatic carbocycles. The lowest BCUT2D eigenvalue weighted by Gasteiger charge is -2.18. The molecule has 0 N–H and O–H groups in total. The van der Waals surface area contributed by atoms with Gasteiger partial charge in [0.05, 0.1) is 0 Å². The molecule has 0 radical (unpaired) electrons. The maximum Gasteiger partial charge on any atom is 0.306 e. The Labute approximate surface area is 517 Å². The van der Waals surface area contributed by atoms with Gasteiger partial charge in [-0.1, -0.05) is 326 Å². The summed E-state index contributed by atoms with van der Waals surface area (Å²) in [6.45, 7) is 6.67. The first-order valence-electron chi connectivity index (χ1n) is 36.8. The van der Waals surface area contributed by atoms with E-state index in [9.17, 15) is 14.4 Å². The van der Waals surface area contributed by atoms with Gasteiger partial charge in [0.25, 0.3) is 0 Å². The highest BCUT2D eigenvalue weighted by Crippen LogP contribution is 2.18. The molecule has 0 aliphatic rings. The highest BCUT2D eigenvalue weighted by molar-refractivity contribution is 5.71. The minimum Gasteiger partial charge on any atom is -0.462 e. The molecule has 6 nitrogen and oxygen atoms in total. The molecule has 484 valence electrons. The minimum absolute atomic E-state index is 0.0760. The van der Waals surface area contributed by atoms with Crippen molar-refractivity contribution >= 4 is 17.9 Å². The zero-order valence-corrected chi connectivity index (χ0v) is 55.7. The molecule has 0 aromatic heterocycles. The topological polar surface area (TPSA) is 78.9 Å². The summed E-state index contributed by atoms with van der Waals surface area (Å²) in [6, 6.07) is 0. The molecule has 0 saturated carbocycles. The Bertz CT molecular complexity index is 1470. The van der Waals surface area contributed by atoms with Crippen LogP contribution in [0.1, 0.15) is 393 Å². The lowest BCUT2D eigenvalue weighted by Crippen LogP contribution is -2.30. The summed E-state index contributed by atoms with van der Waals surface area (Å²) in [5.74, 6) is -0.869. The van der Waals surface area contributed by atoms with Gasteiger partial charge in [-0.3, -0.25) is 14.4 Å². The van der Waals surface area contributed by atoms with Crippen molar-refractivity contribution in [1.29, 1.82) is 0 Å². The van der Waals surface area contributed by atoms with Gasteiger partial charge in [0.1, 0.15) is 13.2 Å². The fourth-order valence-corrected chi connectivity index (χ4v) is 10.9. The Morgan fingerprint density at radius 3 is 0.687 bits per heavy atom. The van der Waals surface area contributed by atoms with E-state index in [-0.39, 0.29) is 31.1 Å². The molecule has 6 heteroatoms. The number of ether oxygens (including phenoxy) is 3. The zero-order valence-electron chi connectivity index (χ0n) is 55.7. The predicted molar refractivity (Wildman–Crippen MR) is 362 cm³/mol. The molecule has 0 rings (SSSR count). The van der Waals surface area contributed by atoms with Crippen LogP contribution < -0.4 is 0 Å². The van der Waals surface area contributed by atoms with Crippen LogP contribution in [-0.2, 0) is 28.6 Å². The second-order valence-corrected chi connectivity index (χ2v) is 24.8. The summed E-state index contributed by atoms with van der Waals surface area (Å²) in [4.78, 5) is 38.4. The molecule has 0 amide bonds. The van der Waals surface area contributed by atoms with Gasteiger partial charge in [-0.25, -0.2) is 0 Å². The molecule has 1 atom stereocenters. The molecule has 0 heterocycles. The smallest absolute Gasteiger partial charge is 0.306 e. The molecule has 0 fully saturated rings. The predicted octanol–water partition coefficient (Wildman–Crippen LogP) is 25.5. The number of esters is 3. The van der Waals surface area contributed by atoms with E-state index in [1.165, 1.54) is 270 Å². The summed E-state index contributed by atoms with van der Waals surface area (Å²) in [7, 11) is 0. The fraction of sp³-hybridized carbons (Fsp3) is 0.831. The maximum absolute atomic E-state index is 12.9. The Kier molecular flexibility index (Phi) is 69.1. The Hall–Kier alpha value is -2.89. The van der Waals surface area contributed by atoms with E-state index < -0.39 is 6.10 Å². The van der Waals surface area contributed by atoms with Gasteiger partial charge >= 0.3 is 17.9 Å². The Balaban J connectivity index is 4.18. The first-order chi connectivity index (χ1) is 41.0. The van der Waals surface area contributed by atoms with Gasteiger partial charge in [0, 0.05) is 19.3 Å². The van der Waals surface area contributed by atoms with E-state index in [0.717, 1.165) is 83.5 Å². The Morgan fingerprint density at radius 2 is 0.434 bits per heavy atom. The normalized spacial score (nSPS) is 12.4. The molecule has 1 unspecified atom stereocenters. The van der Waals surface area contributed by atoms with E-state index in [2.05, 4.69) is 81.5 Å². The summed E-state index contributed by atoms with van der Waals surface area (Å²) in [6.07, 6.45) is 92.6. The first kappa shape index (κ1) is 80.1. The van der Waals surface area contributed by atoms with Crippen molar-refractivity contribution in [3.8, 4) is 0 Å². The van der Waals surface area contributed by atoms with E-state index in [0.29, 0.717) is 19.3 Å². The molecule has 83 heavy (non-hydrogen) atoms. The van der Waals surface area contributed by atoms with Crippen LogP contribution in [0.15, 0.2) is 60.8 Å². The standard InChI is InChI=1S/C77H140O6/c1-4-7-10-13-16-19-22-25-28-31-32-33-34-35-36-37-38-39-40-41-42-43-44-45-46-47-50-52-55-58-61-64-67-70-76(79)82-73-74(83-77(80)71-68-65-62-59-56-53-49-30-27-24-21-18-15-12-9-6-3)72-81-75(78)69-66-63-60-57-54-51-48-29-26-23-20-17-14-11-8-5-2/h22,25,29-32,34-35,48-49,74H,4-21,23-24,26-28,33,36-47,50-73H2,1-3H3/b25-22-,32-31-,35-34-,48-29-,49-30-. The number of hydrogen-bond acceptors (Lipinski definition) is 6. The van der Waals surface area contributed by atoms with Crippen LogP contribution in [0.5, 0.6) is 0 Å². The van der Waals surface area contributed by atoms with Gasteiger partial charge in [-0.05, 0) is 109 Å². The van der Waals surface area contributed by atoms with Gasteiger partial charge in [-0.2, -0.15) is 0 Å². The van der Waals surface area contributed by atoms with Crippen molar-refractivity contribution < 1.29 is 28.6 Å². The fourth-order valence-electron chi connectivity index (χ4n) is 10.9. The molecular formula is C77H140O6. The van der Waals surface area contributed by atoms with Crippen molar-refractivity contribution in [3.63, 3.8) is 0 Å². The number of hydrogen-bond donors (Lipinski definition) is 0. The highest BCUT2D eigenvalue weighted by Gasteiger charge is 2.19.